The topological polar surface area (TPSA) is 96.9 Å². The number of aryl methyl sites for hydroxylation is 1. The number of furan rings is 1. The molecule has 2 amide bonds. The van der Waals surface area contributed by atoms with Gasteiger partial charge in [-0.15, -0.1) is 0 Å². The minimum absolute atomic E-state index is 0.0140. The van der Waals surface area contributed by atoms with Gasteiger partial charge in [0.1, 0.15) is 11.5 Å². The number of amides is 2. The van der Waals surface area contributed by atoms with Gasteiger partial charge in [-0.3, -0.25) is 24.6 Å². The van der Waals surface area contributed by atoms with Crippen LogP contribution in [0.2, 0.25) is 0 Å². The number of carbonyl (C=O) groups is 2. The molecule has 0 spiro atoms. The number of hydrogen-bond acceptors (Lipinski definition) is 6. The van der Waals surface area contributed by atoms with E-state index in [2.05, 4.69) is 0 Å². The highest BCUT2D eigenvalue weighted by Crippen LogP contribution is 2.38. The molecule has 5 rings (SSSR count). The number of rotatable bonds is 5. The van der Waals surface area contributed by atoms with Gasteiger partial charge in [0.15, 0.2) is 0 Å². The van der Waals surface area contributed by atoms with Crippen LogP contribution in [0.3, 0.4) is 0 Å². The Morgan fingerprint density at radius 1 is 0.969 bits per heavy atom. The molecule has 2 aliphatic heterocycles. The lowest BCUT2D eigenvalue weighted by atomic mass is 9.98. The van der Waals surface area contributed by atoms with Gasteiger partial charge in [0.05, 0.1) is 23.3 Å². The van der Waals surface area contributed by atoms with Crippen LogP contribution in [0.5, 0.6) is 0 Å². The van der Waals surface area contributed by atoms with Crippen LogP contribution in [0.1, 0.15) is 23.3 Å². The first kappa shape index (κ1) is 19.7. The van der Waals surface area contributed by atoms with Crippen LogP contribution in [0.4, 0.5) is 11.4 Å². The molecule has 0 saturated heterocycles. The number of non-ortho nitro benzene ring substituents is 1. The number of carbonyl (C=O) groups excluding carboxylic acids is 2. The van der Waals surface area contributed by atoms with Crippen molar-refractivity contribution in [2.75, 3.05) is 11.4 Å². The molecule has 160 valence electrons. The summed E-state index contributed by atoms with van der Waals surface area (Å²) < 4.78 is 5.36. The number of para-hydroxylation sites is 1. The second-order valence-electron chi connectivity index (χ2n) is 7.69. The third-order valence-corrected chi connectivity index (χ3v) is 5.78. The first-order valence-corrected chi connectivity index (χ1v) is 10.3. The smallest absolute Gasteiger partial charge is 0.278 e. The predicted molar refractivity (Wildman–Crippen MR) is 116 cm³/mol. The van der Waals surface area contributed by atoms with Gasteiger partial charge < -0.3 is 9.32 Å². The zero-order valence-electron chi connectivity index (χ0n) is 17.1. The van der Waals surface area contributed by atoms with Crippen molar-refractivity contribution >= 4 is 28.8 Å². The molecule has 0 aliphatic carbocycles. The summed E-state index contributed by atoms with van der Waals surface area (Å²) in [5.41, 5.74) is 2.93. The van der Waals surface area contributed by atoms with Crippen LogP contribution >= 0.6 is 0 Å². The predicted octanol–water partition coefficient (Wildman–Crippen LogP) is 3.92. The van der Waals surface area contributed by atoms with Crippen molar-refractivity contribution < 1.29 is 18.9 Å². The summed E-state index contributed by atoms with van der Waals surface area (Å²) in [4.78, 5) is 40.7. The van der Waals surface area contributed by atoms with Gasteiger partial charge in [-0.1, -0.05) is 18.2 Å². The molecule has 0 fully saturated rings. The molecule has 0 saturated carbocycles. The van der Waals surface area contributed by atoms with Crippen LogP contribution in [0.25, 0.3) is 5.57 Å². The van der Waals surface area contributed by atoms with E-state index in [0.29, 0.717) is 23.6 Å². The first-order valence-electron chi connectivity index (χ1n) is 10.3. The molecule has 8 heteroatoms. The van der Waals surface area contributed by atoms with Crippen molar-refractivity contribution in [2.45, 2.75) is 19.4 Å². The summed E-state index contributed by atoms with van der Waals surface area (Å²) in [6.07, 6.45) is 3.23. The Hall–Kier alpha value is -4.20. The summed E-state index contributed by atoms with van der Waals surface area (Å²) >= 11 is 0. The third-order valence-electron chi connectivity index (χ3n) is 5.78. The number of hydrogen-bond donors (Lipinski definition) is 0. The molecule has 8 nitrogen and oxygen atoms in total. The summed E-state index contributed by atoms with van der Waals surface area (Å²) in [5, 5.41) is 11.1. The van der Waals surface area contributed by atoms with E-state index in [1.54, 1.807) is 12.1 Å². The van der Waals surface area contributed by atoms with Crippen LogP contribution < -0.4 is 4.90 Å². The molecule has 1 aromatic heterocycles. The summed E-state index contributed by atoms with van der Waals surface area (Å²) in [7, 11) is 0. The van der Waals surface area contributed by atoms with Crippen molar-refractivity contribution in [3.8, 4) is 0 Å². The largest absolute Gasteiger partial charge is 0.467 e. The molecule has 3 heterocycles. The number of fused-ring (bicyclic) bond motifs is 1. The lowest BCUT2D eigenvalue weighted by molar-refractivity contribution is -0.384. The van der Waals surface area contributed by atoms with Crippen molar-refractivity contribution in [1.82, 2.24) is 4.90 Å². The highest BCUT2D eigenvalue weighted by molar-refractivity contribution is 6.36. The summed E-state index contributed by atoms with van der Waals surface area (Å²) in [6, 6.07) is 17.0. The van der Waals surface area contributed by atoms with E-state index in [4.69, 9.17) is 4.42 Å². The lowest BCUT2D eigenvalue weighted by Gasteiger charge is -2.32. The van der Waals surface area contributed by atoms with Gasteiger partial charge in [0, 0.05) is 24.4 Å². The van der Waals surface area contributed by atoms with Crippen LogP contribution in [-0.4, -0.2) is 28.2 Å². The Balaban J connectivity index is 1.63. The minimum atomic E-state index is -0.495. The molecule has 0 atom stereocenters. The zero-order valence-corrected chi connectivity index (χ0v) is 17.1. The number of nitrogens with zero attached hydrogens (tertiary/aromatic N) is 3. The van der Waals surface area contributed by atoms with Gasteiger partial charge in [-0.25, -0.2) is 0 Å². The van der Waals surface area contributed by atoms with Crippen molar-refractivity contribution in [3.05, 3.63) is 99.6 Å². The van der Waals surface area contributed by atoms with Crippen LogP contribution in [0.15, 0.2) is 77.0 Å². The molecule has 0 N–H and O–H groups in total. The molecule has 2 aromatic carbocycles. The maximum atomic E-state index is 13.6. The third kappa shape index (κ3) is 3.26. The second kappa shape index (κ2) is 7.81. The molecular weight excluding hydrogens is 410 g/mol. The average molecular weight is 429 g/mol. The van der Waals surface area contributed by atoms with Gasteiger partial charge in [-0.05, 0) is 54.3 Å². The number of imide groups is 1. The Morgan fingerprint density at radius 2 is 1.75 bits per heavy atom. The van der Waals surface area contributed by atoms with E-state index in [1.165, 1.54) is 35.4 Å². The number of nitro groups is 1. The van der Waals surface area contributed by atoms with Crippen molar-refractivity contribution in [1.29, 1.82) is 0 Å². The monoisotopic (exact) mass is 429 g/mol. The van der Waals surface area contributed by atoms with E-state index < -0.39 is 16.7 Å². The van der Waals surface area contributed by atoms with E-state index in [9.17, 15) is 19.7 Å². The first-order chi connectivity index (χ1) is 15.5. The Bertz CT molecular complexity index is 1240. The van der Waals surface area contributed by atoms with Crippen LogP contribution in [-0.2, 0) is 22.6 Å². The molecule has 2 aliphatic rings. The minimum Gasteiger partial charge on any atom is -0.467 e. The fourth-order valence-electron chi connectivity index (χ4n) is 4.29. The fourth-order valence-corrected chi connectivity index (χ4v) is 4.29. The normalized spacial score (nSPS) is 16.0. The number of nitro benzene ring substituents is 1. The SMILES string of the molecule is O=C1C(c2ccc([N+](=O)[O-])cc2)=C(N2CCCc3ccccc32)C(=O)N1Cc1ccco1. The Kier molecular flexibility index (Phi) is 4.82. The highest BCUT2D eigenvalue weighted by atomic mass is 16.6. The highest BCUT2D eigenvalue weighted by Gasteiger charge is 2.43. The number of anilines is 1. The quantitative estimate of drug-likeness (QED) is 0.346. The van der Waals surface area contributed by atoms with E-state index in [1.807, 2.05) is 29.2 Å². The molecule has 32 heavy (non-hydrogen) atoms. The zero-order chi connectivity index (χ0) is 22.2. The second-order valence-corrected chi connectivity index (χ2v) is 7.69. The molecule has 0 unspecified atom stereocenters. The van der Waals surface area contributed by atoms with E-state index >= 15 is 0 Å². The molecule has 3 aromatic rings. The van der Waals surface area contributed by atoms with Gasteiger partial charge in [-0.2, -0.15) is 0 Å². The average Bonchev–Trinajstić information content (AvgIpc) is 3.41. The van der Waals surface area contributed by atoms with Gasteiger partial charge in [0.25, 0.3) is 17.5 Å². The molecule has 0 bridgehead atoms. The Morgan fingerprint density at radius 3 is 2.47 bits per heavy atom. The summed E-state index contributed by atoms with van der Waals surface area (Å²) in [5.74, 6) is -0.357. The fraction of sp³-hybridized carbons (Fsp3) is 0.167. The van der Waals surface area contributed by atoms with Gasteiger partial charge in [0.2, 0.25) is 0 Å². The maximum absolute atomic E-state index is 13.6. The Labute approximate surface area is 183 Å². The molecular formula is C24H19N3O5. The van der Waals surface area contributed by atoms with Crippen molar-refractivity contribution in [2.24, 2.45) is 0 Å². The van der Waals surface area contributed by atoms with Gasteiger partial charge >= 0.3 is 0 Å². The van der Waals surface area contributed by atoms with Crippen molar-refractivity contribution in [3.63, 3.8) is 0 Å². The molecule has 0 radical (unpaired) electrons. The lowest BCUT2D eigenvalue weighted by Crippen LogP contribution is -2.36. The van der Waals surface area contributed by atoms with Crippen LogP contribution in [0, 0.1) is 10.1 Å². The van der Waals surface area contributed by atoms with E-state index in [-0.39, 0.29) is 17.8 Å². The summed E-state index contributed by atoms with van der Waals surface area (Å²) in [6.45, 7) is 0.608. The maximum Gasteiger partial charge on any atom is 0.278 e. The number of benzene rings is 2. The van der Waals surface area contributed by atoms with E-state index in [0.717, 1.165) is 24.1 Å². The standard InChI is InChI=1S/C24H19N3O5/c28-23-21(17-9-11-18(12-10-17)27(30)31)22(24(29)26(23)15-19-7-4-14-32-19)25-13-3-6-16-5-1-2-8-20(16)25/h1-2,4-5,7-12,14H,3,6,13,15H2.